The van der Waals surface area contributed by atoms with Gasteiger partial charge in [0, 0.05) is 12.1 Å². The molecule has 0 atom stereocenters. The number of methoxy groups -OCH3 is 1. The van der Waals surface area contributed by atoms with Gasteiger partial charge in [-0.15, -0.1) is 11.3 Å². The molecule has 20 heavy (non-hydrogen) atoms. The number of hydrogen-bond acceptors (Lipinski definition) is 3. The van der Waals surface area contributed by atoms with Crippen LogP contribution in [-0.2, 0) is 6.54 Å². The topological polar surface area (TPSA) is 54.1 Å². The van der Waals surface area contributed by atoms with Gasteiger partial charge >= 0.3 is 0 Å². The second-order valence-corrected chi connectivity index (χ2v) is 5.32. The minimum Gasteiger partial charge on any atom is -0.496 e. The lowest BCUT2D eigenvalue weighted by Gasteiger charge is -2.08. The number of rotatable bonds is 4. The van der Waals surface area contributed by atoms with Crippen LogP contribution in [0.2, 0.25) is 0 Å². The molecule has 5 heteroatoms. The zero-order valence-electron chi connectivity index (χ0n) is 11.0. The molecule has 0 radical (unpaired) electrons. The van der Waals surface area contributed by atoms with Gasteiger partial charge in [-0.3, -0.25) is 4.79 Å². The zero-order valence-corrected chi connectivity index (χ0v) is 11.8. The third-order valence-electron chi connectivity index (χ3n) is 3.12. The average Bonchev–Trinajstić information content (AvgIpc) is 3.06. The van der Waals surface area contributed by atoms with Gasteiger partial charge in [-0.25, -0.2) is 0 Å². The Morgan fingerprint density at radius 1 is 1.35 bits per heavy atom. The fraction of sp³-hybridized carbons (Fsp3) is 0.133. The number of carbonyl (C=O) groups excluding carboxylic acids is 1. The average molecular weight is 286 g/mol. The number of aromatic amines is 1. The fourth-order valence-corrected chi connectivity index (χ4v) is 2.87. The molecule has 0 aliphatic heterocycles. The molecule has 0 aliphatic carbocycles. The summed E-state index contributed by atoms with van der Waals surface area (Å²) in [5.74, 6) is 0.666. The van der Waals surface area contributed by atoms with Crippen molar-refractivity contribution in [3.05, 3.63) is 53.0 Å². The van der Waals surface area contributed by atoms with Gasteiger partial charge in [-0.2, -0.15) is 0 Å². The summed E-state index contributed by atoms with van der Waals surface area (Å²) in [5, 5.41) is 4.89. The molecule has 3 rings (SSSR count). The van der Waals surface area contributed by atoms with Crippen molar-refractivity contribution in [3.63, 3.8) is 0 Å². The van der Waals surface area contributed by atoms with Crippen LogP contribution in [0.4, 0.5) is 0 Å². The molecule has 0 aliphatic rings. The lowest BCUT2D eigenvalue weighted by Crippen LogP contribution is -2.23. The molecule has 0 saturated heterocycles. The van der Waals surface area contributed by atoms with E-state index >= 15 is 0 Å². The van der Waals surface area contributed by atoms with Crippen molar-refractivity contribution in [2.75, 3.05) is 7.11 Å². The summed E-state index contributed by atoms with van der Waals surface area (Å²) in [4.78, 5) is 15.2. The predicted octanol–water partition coefficient (Wildman–Crippen LogP) is 3.17. The summed E-state index contributed by atoms with van der Waals surface area (Å²) in [6.07, 6.45) is 0. The first-order chi connectivity index (χ1) is 9.78. The molecule has 102 valence electrons. The van der Waals surface area contributed by atoms with E-state index in [9.17, 15) is 4.79 Å². The van der Waals surface area contributed by atoms with Gasteiger partial charge in [0.25, 0.3) is 5.91 Å². The van der Waals surface area contributed by atoms with Gasteiger partial charge in [0.2, 0.25) is 0 Å². The molecule has 2 heterocycles. The highest BCUT2D eigenvalue weighted by Crippen LogP contribution is 2.21. The maximum absolute atomic E-state index is 12.1. The Kier molecular flexibility index (Phi) is 3.43. The van der Waals surface area contributed by atoms with E-state index in [4.69, 9.17) is 4.74 Å². The molecule has 4 nitrogen and oxygen atoms in total. The van der Waals surface area contributed by atoms with Crippen LogP contribution >= 0.6 is 11.3 Å². The van der Waals surface area contributed by atoms with Crippen molar-refractivity contribution in [1.29, 1.82) is 0 Å². The molecule has 0 unspecified atom stereocenters. The molecular formula is C15H14N2O2S. The lowest BCUT2D eigenvalue weighted by atomic mass is 10.2. The van der Waals surface area contributed by atoms with Crippen LogP contribution in [-0.4, -0.2) is 18.0 Å². The van der Waals surface area contributed by atoms with E-state index in [-0.39, 0.29) is 5.91 Å². The Morgan fingerprint density at radius 3 is 3.00 bits per heavy atom. The summed E-state index contributed by atoms with van der Waals surface area (Å²) >= 11 is 1.61. The number of hydrogen-bond donors (Lipinski definition) is 2. The highest BCUT2D eigenvalue weighted by molar-refractivity contribution is 7.17. The zero-order chi connectivity index (χ0) is 13.9. The predicted molar refractivity (Wildman–Crippen MR) is 80.3 cm³/mol. The summed E-state index contributed by atoms with van der Waals surface area (Å²) in [6, 6.07) is 11.5. The number of fused-ring (bicyclic) bond motifs is 1. The number of para-hydroxylation sites is 1. The minimum atomic E-state index is -0.112. The maximum atomic E-state index is 12.1. The van der Waals surface area contributed by atoms with Crippen LogP contribution in [0.25, 0.3) is 10.2 Å². The number of nitrogens with one attached hydrogen (secondary N) is 2. The van der Waals surface area contributed by atoms with Crippen molar-refractivity contribution in [2.24, 2.45) is 0 Å². The lowest BCUT2D eigenvalue weighted by molar-refractivity contribution is 0.0946. The SMILES string of the molecule is COc1ccccc1CNC(=O)c1cc2sccc2[nH]1. The fourth-order valence-electron chi connectivity index (χ4n) is 2.09. The Hall–Kier alpha value is -2.27. The van der Waals surface area contributed by atoms with Gasteiger partial charge in [-0.1, -0.05) is 18.2 Å². The summed E-state index contributed by atoms with van der Waals surface area (Å²) in [5.41, 5.74) is 2.54. The van der Waals surface area contributed by atoms with Gasteiger partial charge in [0.15, 0.2) is 0 Å². The number of carbonyl (C=O) groups is 1. The largest absolute Gasteiger partial charge is 0.496 e. The van der Waals surface area contributed by atoms with Gasteiger partial charge in [-0.05, 0) is 23.6 Å². The van der Waals surface area contributed by atoms with Gasteiger partial charge in [0.1, 0.15) is 11.4 Å². The van der Waals surface area contributed by atoms with E-state index in [0.717, 1.165) is 21.5 Å². The van der Waals surface area contributed by atoms with E-state index in [0.29, 0.717) is 12.2 Å². The van der Waals surface area contributed by atoms with E-state index in [1.165, 1.54) is 0 Å². The quantitative estimate of drug-likeness (QED) is 0.774. The highest BCUT2D eigenvalue weighted by atomic mass is 32.1. The standard InChI is InChI=1S/C15H14N2O2S/c1-19-13-5-3-2-4-10(13)9-16-15(18)12-8-14-11(17-12)6-7-20-14/h2-8,17H,9H2,1H3,(H,16,18). The molecule has 0 saturated carbocycles. The molecule has 0 fully saturated rings. The van der Waals surface area contributed by atoms with Crippen LogP contribution < -0.4 is 10.1 Å². The number of thiophene rings is 1. The second kappa shape index (κ2) is 5.38. The Labute approximate surface area is 120 Å². The second-order valence-electron chi connectivity index (χ2n) is 4.38. The molecule has 3 aromatic rings. The normalized spacial score (nSPS) is 10.7. The van der Waals surface area contributed by atoms with Gasteiger partial charge in [0.05, 0.1) is 17.3 Å². The third kappa shape index (κ3) is 2.40. The van der Waals surface area contributed by atoms with E-state index in [1.54, 1.807) is 18.4 Å². The summed E-state index contributed by atoms with van der Waals surface area (Å²) in [6.45, 7) is 0.440. The smallest absolute Gasteiger partial charge is 0.268 e. The van der Waals surface area contributed by atoms with Gasteiger partial charge < -0.3 is 15.0 Å². The van der Waals surface area contributed by atoms with E-state index in [1.807, 2.05) is 41.8 Å². The summed E-state index contributed by atoms with van der Waals surface area (Å²) < 4.78 is 6.35. The summed E-state index contributed by atoms with van der Waals surface area (Å²) in [7, 11) is 1.62. The monoisotopic (exact) mass is 286 g/mol. The van der Waals surface area contributed by atoms with Crippen molar-refractivity contribution in [1.82, 2.24) is 10.3 Å². The van der Waals surface area contributed by atoms with Crippen molar-refractivity contribution in [3.8, 4) is 5.75 Å². The first-order valence-electron chi connectivity index (χ1n) is 6.24. The van der Waals surface area contributed by atoms with Crippen molar-refractivity contribution in [2.45, 2.75) is 6.54 Å². The van der Waals surface area contributed by atoms with Crippen LogP contribution in [0.3, 0.4) is 0 Å². The van der Waals surface area contributed by atoms with Crippen LogP contribution in [0.1, 0.15) is 16.1 Å². The number of amides is 1. The van der Waals surface area contributed by atoms with Crippen LogP contribution in [0, 0.1) is 0 Å². The molecule has 2 N–H and O–H groups in total. The number of aromatic nitrogens is 1. The van der Waals surface area contributed by atoms with E-state index < -0.39 is 0 Å². The maximum Gasteiger partial charge on any atom is 0.268 e. The van der Waals surface area contributed by atoms with Crippen molar-refractivity contribution >= 4 is 27.5 Å². The molecule has 2 aromatic heterocycles. The Balaban J connectivity index is 1.71. The van der Waals surface area contributed by atoms with E-state index in [2.05, 4.69) is 10.3 Å². The minimum absolute atomic E-state index is 0.112. The molecule has 1 aromatic carbocycles. The first-order valence-corrected chi connectivity index (χ1v) is 7.12. The third-order valence-corrected chi connectivity index (χ3v) is 3.98. The molecule has 0 spiro atoms. The molecule has 0 bridgehead atoms. The van der Waals surface area contributed by atoms with Crippen LogP contribution in [0.5, 0.6) is 5.75 Å². The number of benzene rings is 1. The Bertz CT molecular complexity index is 717. The molecule has 1 amide bonds. The van der Waals surface area contributed by atoms with Crippen LogP contribution in [0.15, 0.2) is 41.8 Å². The highest BCUT2D eigenvalue weighted by Gasteiger charge is 2.10. The number of ether oxygens (including phenoxy) is 1. The Morgan fingerprint density at radius 2 is 2.20 bits per heavy atom. The first kappa shape index (κ1) is 12.7. The molecular weight excluding hydrogens is 272 g/mol. The number of H-pyrrole nitrogens is 1. The van der Waals surface area contributed by atoms with Crippen molar-refractivity contribution < 1.29 is 9.53 Å².